The van der Waals surface area contributed by atoms with Gasteiger partial charge >= 0.3 is 0 Å². The first-order valence-electron chi connectivity index (χ1n) is 5.25. The molecule has 0 spiro atoms. The molecule has 82 valence electrons. The number of benzene rings is 2. The normalized spacial score (nSPS) is 10.2. The first-order chi connectivity index (χ1) is 7.65. The van der Waals surface area contributed by atoms with Crippen molar-refractivity contribution in [2.75, 3.05) is 5.32 Å². The Balaban J connectivity index is 2.23. The van der Waals surface area contributed by atoms with E-state index in [9.17, 15) is 0 Å². The monoisotopic (exact) mass is 231 g/mol. The lowest BCUT2D eigenvalue weighted by Crippen LogP contribution is -1.91. The standard InChI is InChI=1S/C14H14ClN/c1-10-3-6-12(7-4-10)16-14-8-5-11(2)9-13(14)15/h3-9,16H,1-2H3. The summed E-state index contributed by atoms with van der Waals surface area (Å²) in [6, 6.07) is 14.2. The van der Waals surface area contributed by atoms with Crippen molar-refractivity contribution in [2.45, 2.75) is 13.8 Å². The highest BCUT2D eigenvalue weighted by atomic mass is 35.5. The van der Waals surface area contributed by atoms with Crippen LogP contribution in [0, 0.1) is 13.8 Å². The number of aryl methyl sites for hydroxylation is 2. The fraction of sp³-hybridized carbons (Fsp3) is 0.143. The Morgan fingerprint density at radius 1 is 0.875 bits per heavy atom. The van der Waals surface area contributed by atoms with Gasteiger partial charge < -0.3 is 5.32 Å². The highest BCUT2D eigenvalue weighted by molar-refractivity contribution is 6.33. The molecular formula is C14H14ClN. The van der Waals surface area contributed by atoms with Crippen LogP contribution in [-0.2, 0) is 0 Å². The molecule has 0 aliphatic carbocycles. The van der Waals surface area contributed by atoms with Gasteiger partial charge in [0, 0.05) is 5.69 Å². The van der Waals surface area contributed by atoms with E-state index in [0.29, 0.717) is 0 Å². The topological polar surface area (TPSA) is 12.0 Å². The van der Waals surface area contributed by atoms with Gasteiger partial charge in [-0.2, -0.15) is 0 Å². The Labute approximate surface area is 101 Å². The van der Waals surface area contributed by atoms with E-state index in [1.807, 2.05) is 37.3 Å². The van der Waals surface area contributed by atoms with E-state index in [1.165, 1.54) is 11.1 Å². The third-order valence-corrected chi connectivity index (χ3v) is 2.77. The van der Waals surface area contributed by atoms with Crippen LogP contribution in [-0.4, -0.2) is 0 Å². The van der Waals surface area contributed by atoms with Gasteiger partial charge in [0.25, 0.3) is 0 Å². The van der Waals surface area contributed by atoms with Crippen LogP contribution in [0.15, 0.2) is 42.5 Å². The molecule has 0 heterocycles. The molecule has 1 nitrogen and oxygen atoms in total. The minimum atomic E-state index is 0.751. The second-order valence-corrected chi connectivity index (χ2v) is 4.38. The average molecular weight is 232 g/mol. The van der Waals surface area contributed by atoms with Crippen molar-refractivity contribution in [1.82, 2.24) is 0 Å². The van der Waals surface area contributed by atoms with Gasteiger partial charge in [-0.3, -0.25) is 0 Å². The molecule has 16 heavy (non-hydrogen) atoms. The van der Waals surface area contributed by atoms with Crippen molar-refractivity contribution in [3.05, 3.63) is 58.6 Å². The predicted molar refractivity (Wildman–Crippen MR) is 70.7 cm³/mol. The molecule has 0 radical (unpaired) electrons. The van der Waals surface area contributed by atoms with Crippen molar-refractivity contribution in [2.24, 2.45) is 0 Å². The summed E-state index contributed by atoms with van der Waals surface area (Å²) < 4.78 is 0. The zero-order chi connectivity index (χ0) is 11.5. The van der Waals surface area contributed by atoms with Gasteiger partial charge in [-0.05, 0) is 43.7 Å². The molecule has 0 aliphatic rings. The third-order valence-electron chi connectivity index (χ3n) is 2.46. The van der Waals surface area contributed by atoms with Crippen molar-refractivity contribution < 1.29 is 0 Å². The number of hydrogen-bond donors (Lipinski definition) is 1. The van der Waals surface area contributed by atoms with Crippen LogP contribution in [0.5, 0.6) is 0 Å². The average Bonchev–Trinajstić information content (AvgIpc) is 2.25. The Bertz CT molecular complexity index is 489. The van der Waals surface area contributed by atoms with E-state index in [-0.39, 0.29) is 0 Å². The second-order valence-electron chi connectivity index (χ2n) is 3.97. The molecule has 2 heteroatoms. The van der Waals surface area contributed by atoms with Crippen LogP contribution >= 0.6 is 11.6 Å². The zero-order valence-electron chi connectivity index (χ0n) is 9.42. The second kappa shape index (κ2) is 4.58. The summed E-state index contributed by atoms with van der Waals surface area (Å²) in [5.41, 5.74) is 4.41. The summed E-state index contributed by atoms with van der Waals surface area (Å²) in [7, 11) is 0. The zero-order valence-corrected chi connectivity index (χ0v) is 10.2. The van der Waals surface area contributed by atoms with Gasteiger partial charge in [-0.25, -0.2) is 0 Å². The summed E-state index contributed by atoms with van der Waals surface area (Å²) in [6.45, 7) is 4.10. The SMILES string of the molecule is Cc1ccc(Nc2ccc(C)cc2Cl)cc1. The maximum Gasteiger partial charge on any atom is 0.0643 e. The van der Waals surface area contributed by atoms with Gasteiger partial charge in [0.05, 0.1) is 10.7 Å². The van der Waals surface area contributed by atoms with Crippen LogP contribution in [0.3, 0.4) is 0 Å². The van der Waals surface area contributed by atoms with E-state index in [1.54, 1.807) is 0 Å². The lowest BCUT2D eigenvalue weighted by Gasteiger charge is -2.09. The molecule has 0 fully saturated rings. The van der Waals surface area contributed by atoms with Crippen LogP contribution < -0.4 is 5.32 Å². The summed E-state index contributed by atoms with van der Waals surface area (Å²) in [5.74, 6) is 0. The van der Waals surface area contributed by atoms with Gasteiger partial charge in [0.2, 0.25) is 0 Å². The Kier molecular flexibility index (Phi) is 3.16. The number of halogens is 1. The van der Waals surface area contributed by atoms with Gasteiger partial charge in [0.15, 0.2) is 0 Å². The molecule has 2 aromatic carbocycles. The molecule has 0 saturated heterocycles. The predicted octanol–water partition coefficient (Wildman–Crippen LogP) is 4.70. The van der Waals surface area contributed by atoms with Crippen molar-refractivity contribution in [3.8, 4) is 0 Å². The minimum absolute atomic E-state index is 0.751. The number of rotatable bonds is 2. The molecule has 2 rings (SSSR count). The maximum absolute atomic E-state index is 6.15. The molecule has 2 aromatic rings. The smallest absolute Gasteiger partial charge is 0.0643 e. The van der Waals surface area contributed by atoms with Crippen molar-refractivity contribution in [3.63, 3.8) is 0 Å². The Hall–Kier alpha value is -1.47. The quantitative estimate of drug-likeness (QED) is 0.790. The fourth-order valence-electron chi connectivity index (χ4n) is 1.51. The van der Waals surface area contributed by atoms with E-state index in [4.69, 9.17) is 11.6 Å². The summed E-state index contributed by atoms with van der Waals surface area (Å²) in [4.78, 5) is 0. The summed E-state index contributed by atoms with van der Waals surface area (Å²) in [5, 5.41) is 4.05. The molecule has 0 saturated carbocycles. The van der Waals surface area contributed by atoms with Gasteiger partial charge in [-0.1, -0.05) is 35.4 Å². The Morgan fingerprint density at radius 3 is 2.12 bits per heavy atom. The van der Waals surface area contributed by atoms with Crippen LogP contribution in [0.2, 0.25) is 5.02 Å². The molecule has 1 N–H and O–H groups in total. The van der Waals surface area contributed by atoms with Crippen LogP contribution in [0.1, 0.15) is 11.1 Å². The minimum Gasteiger partial charge on any atom is -0.354 e. The largest absolute Gasteiger partial charge is 0.354 e. The number of anilines is 2. The molecule has 0 bridgehead atoms. The highest BCUT2D eigenvalue weighted by Gasteiger charge is 2.00. The summed E-state index contributed by atoms with van der Waals surface area (Å²) in [6.07, 6.45) is 0. The lowest BCUT2D eigenvalue weighted by molar-refractivity contribution is 1.43. The van der Waals surface area contributed by atoms with Gasteiger partial charge in [0.1, 0.15) is 0 Å². The van der Waals surface area contributed by atoms with E-state index in [2.05, 4.69) is 24.4 Å². The molecule has 0 atom stereocenters. The Morgan fingerprint density at radius 2 is 1.50 bits per heavy atom. The van der Waals surface area contributed by atoms with Gasteiger partial charge in [-0.15, -0.1) is 0 Å². The van der Waals surface area contributed by atoms with Crippen LogP contribution in [0.4, 0.5) is 11.4 Å². The van der Waals surface area contributed by atoms with E-state index < -0.39 is 0 Å². The van der Waals surface area contributed by atoms with Crippen molar-refractivity contribution in [1.29, 1.82) is 0 Å². The van der Waals surface area contributed by atoms with Crippen molar-refractivity contribution >= 4 is 23.0 Å². The summed E-state index contributed by atoms with van der Waals surface area (Å²) >= 11 is 6.15. The molecule has 0 unspecified atom stereocenters. The van der Waals surface area contributed by atoms with E-state index in [0.717, 1.165) is 16.4 Å². The maximum atomic E-state index is 6.15. The van der Waals surface area contributed by atoms with Crippen LogP contribution in [0.25, 0.3) is 0 Å². The molecular weight excluding hydrogens is 218 g/mol. The molecule has 0 amide bonds. The molecule has 0 aliphatic heterocycles. The fourth-order valence-corrected chi connectivity index (χ4v) is 1.80. The highest BCUT2D eigenvalue weighted by Crippen LogP contribution is 2.26. The number of nitrogens with one attached hydrogen (secondary N) is 1. The molecule has 0 aromatic heterocycles. The lowest BCUT2D eigenvalue weighted by atomic mass is 10.2. The van der Waals surface area contributed by atoms with E-state index >= 15 is 0 Å². The first-order valence-corrected chi connectivity index (χ1v) is 5.63. The third kappa shape index (κ3) is 2.56. The number of hydrogen-bond acceptors (Lipinski definition) is 1. The first kappa shape index (κ1) is 11.0.